The number of para-hydroxylation sites is 1. The SMILES string of the molecule is CC(C)(C)SCC(=O)NNC(=O)c1ccc2ccccc2n1. The van der Waals surface area contributed by atoms with Crippen LogP contribution in [-0.4, -0.2) is 27.3 Å². The number of benzene rings is 1. The van der Waals surface area contributed by atoms with E-state index in [1.807, 2.05) is 51.1 Å². The van der Waals surface area contributed by atoms with Crippen LogP contribution in [0.4, 0.5) is 0 Å². The van der Waals surface area contributed by atoms with Gasteiger partial charge in [-0.05, 0) is 12.1 Å². The Labute approximate surface area is 133 Å². The minimum Gasteiger partial charge on any atom is -0.272 e. The van der Waals surface area contributed by atoms with Gasteiger partial charge in [0.15, 0.2) is 0 Å². The summed E-state index contributed by atoms with van der Waals surface area (Å²) in [5, 5.41) is 0.963. The van der Waals surface area contributed by atoms with Gasteiger partial charge in [0.25, 0.3) is 5.91 Å². The van der Waals surface area contributed by atoms with Gasteiger partial charge in [-0.15, -0.1) is 11.8 Å². The Hall–Kier alpha value is -2.08. The lowest BCUT2D eigenvalue weighted by Crippen LogP contribution is -2.43. The molecule has 0 spiro atoms. The van der Waals surface area contributed by atoms with Crippen LogP contribution in [-0.2, 0) is 4.79 Å². The summed E-state index contributed by atoms with van der Waals surface area (Å²) in [5.74, 6) is -0.386. The second-order valence-corrected chi connectivity index (χ2v) is 7.59. The van der Waals surface area contributed by atoms with Crippen LogP contribution in [0.15, 0.2) is 36.4 Å². The maximum atomic E-state index is 12.0. The Morgan fingerprint density at radius 1 is 1.09 bits per heavy atom. The molecular formula is C16H19N3O2S. The van der Waals surface area contributed by atoms with Crippen molar-refractivity contribution in [2.45, 2.75) is 25.5 Å². The number of nitrogens with zero attached hydrogens (tertiary/aromatic N) is 1. The van der Waals surface area contributed by atoms with E-state index in [0.717, 1.165) is 10.9 Å². The number of hydrogen-bond donors (Lipinski definition) is 2. The van der Waals surface area contributed by atoms with Crippen molar-refractivity contribution in [2.75, 3.05) is 5.75 Å². The molecular weight excluding hydrogens is 298 g/mol. The van der Waals surface area contributed by atoms with E-state index in [1.54, 1.807) is 6.07 Å². The largest absolute Gasteiger partial charge is 0.288 e. The number of hydrazine groups is 1. The molecule has 1 aromatic heterocycles. The number of nitrogens with one attached hydrogen (secondary N) is 2. The first-order chi connectivity index (χ1) is 10.3. The lowest BCUT2D eigenvalue weighted by molar-refractivity contribution is -0.119. The zero-order valence-electron chi connectivity index (χ0n) is 12.8. The number of rotatable bonds is 3. The van der Waals surface area contributed by atoms with E-state index in [9.17, 15) is 9.59 Å². The topological polar surface area (TPSA) is 71.1 Å². The fourth-order valence-corrected chi connectivity index (χ4v) is 2.34. The Balaban J connectivity index is 1.92. The van der Waals surface area contributed by atoms with Gasteiger partial charge in [0, 0.05) is 10.1 Å². The van der Waals surface area contributed by atoms with E-state index < -0.39 is 5.91 Å². The van der Waals surface area contributed by atoms with Crippen LogP contribution in [0, 0.1) is 0 Å². The number of aromatic nitrogens is 1. The molecule has 22 heavy (non-hydrogen) atoms. The summed E-state index contributed by atoms with van der Waals surface area (Å²) in [7, 11) is 0. The third-order valence-electron chi connectivity index (χ3n) is 2.78. The minimum atomic E-state index is -0.431. The normalized spacial score (nSPS) is 11.2. The van der Waals surface area contributed by atoms with Crippen molar-refractivity contribution >= 4 is 34.5 Å². The molecule has 5 nitrogen and oxygen atoms in total. The standard InChI is InChI=1S/C16H19N3O2S/c1-16(2,3)22-10-14(20)18-19-15(21)13-9-8-11-6-4-5-7-12(11)17-13/h4-9H,10H2,1-3H3,(H,18,20)(H,19,21). The van der Waals surface area contributed by atoms with Gasteiger partial charge in [0.2, 0.25) is 5.91 Å². The van der Waals surface area contributed by atoms with E-state index in [-0.39, 0.29) is 22.1 Å². The molecule has 0 aliphatic carbocycles. The molecule has 2 N–H and O–H groups in total. The third-order valence-corrected chi connectivity index (χ3v) is 4.06. The highest BCUT2D eigenvalue weighted by atomic mass is 32.2. The predicted octanol–water partition coefficient (Wildman–Crippen LogP) is 2.53. The van der Waals surface area contributed by atoms with Crippen molar-refractivity contribution in [1.82, 2.24) is 15.8 Å². The molecule has 0 saturated heterocycles. The van der Waals surface area contributed by atoms with Gasteiger partial charge in [0.05, 0.1) is 11.3 Å². The quantitative estimate of drug-likeness (QED) is 0.853. The molecule has 116 valence electrons. The molecule has 0 aliphatic heterocycles. The first-order valence-corrected chi connectivity index (χ1v) is 7.93. The second kappa shape index (κ2) is 6.79. The lowest BCUT2D eigenvalue weighted by atomic mass is 10.2. The molecule has 0 fully saturated rings. The molecule has 0 atom stereocenters. The van der Waals surface area contributed by atoms with Gasteiger partial charge in [-0.2, -0.15) is 0 Å². The number of amides is 2. The van der Waals surface area contributed by atoms with Gasteiger partial charge in [-0.3, -0.25) is 20.4 Å². The Morgan fingerprint density at radius 3 is 2.55 bits per heavy atom. The van der Waals surface area contributed by atoms with E-state index in [0.29, 0.717) is 0 Å². The third kappa shape index (κ3) is 4.73. The molecule has 0 bridgehead atoms. The number of carbonyl (C=O) groups excluding carboxylic acids is 2. The van der Waals surface area contributed by atoms with Gasteiger partial charge >= 0.3 is 0 Å². The molecule has 0 saturated carbocycles. The predicted molar refractivity (Wildman–Crippen MR) is 89.6 cm³/mol. The van der Waals surface area contributed by atoms with Crippen molar-refractivity contribution in [2.24, 2.45) is 0 Å². The van der Waals surface area contributed by atoms with E-state index in [4.69, 9.17) is 0 Å². The molecule has 0 aliphatic rings. The van der Waals surface area contributed by atoms with Crippen LogP contribution >= 0.6 is 11.8 Å². The van der Waals surface area contributed by atoms with Gasteiger partial charge < -0.3 is 0 Å². The highest BCUT2D eigenvalue weighted by Gasteiger charge is 2.14. The summed E-state index contributed by atoms with van der Waals surface area (Å²) < 4.78 is 0.00124. The van der Waals surface area contributed by atoms with Crippen molar-refractivity contribution in [3.05, 3.63) is 42.1 Å². The summed E-state index contributed by atoms with van der Waals surface area (Å²) >= 11 is 1.51. The number of fused-ring (bicyclic) bond motifs is 1. The Kier molecular flexibility index (Phi) is 5.03. The molecule has 0 unspecified atom stereocenters. The van der Waals surface area contributed by atoms with Crippen LogP contribution in [0.3, 0.4) is 0 Å². The second-order valence-electron chi connectivity index (χ2n) is 5.79. The van der Waals surface area contributed by atoms with Gasteiger partial charge in [-0.1, -0.05) is 45.0 Å². The van der Waals surface area contributed by atoms with E-state index >= 15 is 0 Å². The molecule has 0 radical (unpaired) electrons. The fraction of sp³-hybridized carbons (Fsp3) is 0.312. The summed E-state index contributed by atoms with van der Waals surface area (Å²) in [5.41, 5.74) is 5.79. The zero-order chi connectivity index (χ0) is 16.2. The summed E-state index contributed by atoms with van der Waals surface area (Å²) in [6.45, 7) is 6.09. The van der Waals surface area contributed by atoms with Crippen LogP contribution in [0.1, 0.15) is 31.3 Å². The maximum absolute atomic E-state index is 12.0. The molecule has 2 rings (SSSR count). The first kappa shape index (κ1) is 16.3. The van der Waals surface area contributed by atoms with E-state index in [2.05, 4.69) is 15.8 Å². The van der Waals surface area contributed by atoms with Crippen LogP contribution in [0.2, 0.25) is 0 Å². The van der Waals surface area contributed by atoms with Crippen molar-refractivity contribution in [3.63, 3.8) is 0 Å². The monoisotopic (exact) mass is 317 g/mol. The lowest BCUT2D eigenvalue weighted by Gasteiger charge is -2.17. The minimum absolute atomic E-state index is 0.00124. The zero-order valence-corrected chi connectivity index (χ0v) is 13.7. The summed E-state index contributed by atoms with van der Waals surface area (Å²) in [6, 6.07) is 11.0. The average Bonchev–Trinajstić information content (AvgIpc) is 2.49. The number of carbonyl (C=O) groups is 2. The molecule has 1 aromatic carbocycles. The molecule has 2 amide bonds. The van der Waals surface area contributed by atoms with Crippen molar-refractivity contribution in [1.29, 1.82) is 0 Å². The number of thioether (sulfide) groups is 1. The van der Waals surface area contributed by atoms with Crippen molar-refractivity contribution in [3.8, 4) is 0 Å². The van der Waals surface area contributed by atoms with Gasteiger partial charge in [0.1, 0.15) is 5.69 Å². The summed E-state index contributed by atoms with van der Waals surface area (Å²) in [6.07, 6.45) is 0. The highest BCUT2D eigenvalue weighted by molar-refractivity contribution is 8.01. The van der Waals surface area contributed by atoms with E-state index in [1.165, 1.54) is 11.8 Å². The van der Waals surface area contributed by atoms with Crippen molar-refractivity contribution < 1.29 is 9.59 Å². The summed E-state index contributed by atoms with van der Waals surface area (Å²) in [4.78, 5) is 27.9. The molecule has 2 aromatic rings. The fourth-order valence-electron chi connectivity index (χ4n) is 1.70. The first-order valence-electron chi connectivity index (χ1n) is 6.94. The number of pyridine rings is 1. The smallest absolute Gasteiger partial charge is 0.272 e. The highest BCUT2D eigenvalue weighted by Crippen LogP contribution is 2.22. The van der Waals surface area contributed by atoms with Crippen LogP contribution in [0.5, 0.6) is 0 Å². The van der Waals surface area contributed by atoms with Crippen LogP contribution < -0.4 is 10.9 Å². The van der Waals surface area contributed by atoms with Crippen LogP contribution in [0.25, 0.3) is 10.9 Å². The maximum Gasteiger partial charge on any atom is 0.288 e. The average molecular weight is 317 g/mol. The Morgan fingerprint density at radius 2 is 1.82 bits per heavy atom. The van der Waals surface area contributed by atoms with Gasteiger partial charge in [-0.25, -0.2) is 4.98 Å². The number of hydrogen-bond acceptors (Lipinski definition) is 4. The Bertz CT molecular complexity index is 695. The molecule has 1 heterocycles. The molecule has 6 heteroatoms.